The molecule has 1 rings (SSSR count). The van der Waals surface area contributed by atoms with Crippen LogP contribution >= 0.6 is 39.9 Å². The maximum atomic E-state index is 5.13. The summed E-state index contributed by atoms with van der Waals surface area (Å²) in [7, 11) is 3.48. The van der Waals surface area contributed by atoms with Crippen molar-refractivity contribution < 1.29 is 4.74 Å². The molecule has 1 aromatic carbocycles. The first-order valence-corrected chi connectivity index (χ1v) is 7.90. The Kier molecular flexibility index (Phi) is 10.3. The number of hydrogen-bond acceptors (Lipinski definition) is 2. The molecule has 1 aromatic rings. The van der Waals surface area contributed by atoms with E-state index in [-0.39, 0.29) is 35.4 Å². The fraction of sp³-hybridized carbons (Fsp3) is 0.562. The minimum Gasteiger partial charge on any atom is -0.383 e. The quantitative estimate of drug-likeness (QED) is 0.369. The highest BCUT2D eigenvalue weighted by atomic mass is 127. The number of nitrogens with zero attached hydrogens (tertiary/aromatic N) is 1. The van der Waals surface area contributed by atoms with Crippen molar-refractivity contribution in [2.45, 2.75) is 32.2 Å². The van der Waals surface area contributed by atoms with E-state index in [1.807, 2.05) is 6.07 Å². The van der Waals surface area contributed by atoms with Crippen LogP contribution in [0.5, 0.6) is 0 Å². The van der Waals surface area contributed by atoms with Crippen LogP contribution in [0.4, 0.5) is 0 Å². The van der Waals surface area contributed by atoms with Crippen LogP contribution in [0.2, 0.25) is 0 Å². The van der Waals surface area contributed by atoms with E-state index in [0.29, 0.717) is 6.61 Å². The molecule has 0 aliphatic rings. The molecule has 0 aliphatic heterocycles. The molecule has 2 N–H and O–H groups in total. The third-order valence-electron chi connectivity index (χ3n) is 3.33. The topological polar surface area (TPSA) is 45.7 Å². The predicted molar refractivity (Wildman–Crippen MR) is 108 cm³/mol. The number of nitrogens with one attached hydrogen (secondary N) is 2. The average Bonchev–Trinajstić information content (AvgIpc) is 2.43. The molecule has 0 saturated carbocycles. The summed E-state index contributed by atoms with van der Waals surface area (Å²) in [5.74, 6) is 0.794. The lowest BCUT2D eigenvalue weighted by atomic mass is 9.85. The van der Waals surface area contributed by atoms with Crippen molar-refractivity contribution in [3.63, 3.8) is 0 Å². The number of guanidine groups is 1. The lowest BCUT2D eigenvalue weighted by Gasteiger charge is -2.27. The van der Waals surface area contributed by atoms with Gasteiger partial charge in [-0.2, -0.15) is 0 Å². The van der Waals surface area contributed by atoms with Gasteiger partial charge in [-0.1, -0.05) is 41.9 Å². The molecule has 0 heterocycles. The maximum Gasteiger partial charge on any atom is 0.191 e. The van der Waals surface area contributed by atoms with E-state index in [1.54, 1.807) is 14.2 Å². The second-order valence-electron chi connectivity index (χ2n) is 5.82. The summed E-state index contributed by atoms with van der Waals surface area (Å²) in [6, 6.07) is 8.63. The zero-order chi connectivity index (χ0) is 15.9. The Labute approximate surface area is 159 Å². The summed E-state index contributed by atoms with van der Waals surface area (Å²) in [4.78, 5) is 4.25. The van der Waals surface area contributed by atoms with Gasteiger partial charge in [-0.25, -0.2) is 0 Å². The standard InChI is InChI=1S/C16H26BrN3O.HI/c1-12(10-21-5)20-15(18-4)19-11-16(2,3)13-7-6-8-14(17)9-13;/h6-9,12H,10-11H2,1-5H3,(H2,18,19,20);1H. The van der Waals surface area contributed by atoms with Gasteiger partial charge < -0.3 is 15.4 Å². The van der Waals surface area contributed by atoms with Gasteiger partial charge in [-0.3, -0.25) is 4.99 Å². The van der Waals surface area contributed by atoms with Crippen LogP contribution < -0.4 is 10.6 Å². The normalized spacial score (nSPS) is 13.3. The minimum atomic E-state index is 0. The highest BCUT2D eigenvalue weighted by Crippen LogP contribution is 2.24. The molecule has 126 valence electrons. The van der Waals surface area contributed by atoms with E-state index in [2.05, 4.69) is 70.5 Å². The monoisotopic (exact) mass is 483 g/mol. The van der Waals surface area contributed by atoms with E-state index in [4.69, 9.17) is 4.74 Å². The Hall–Kier alpha value is -0.340. The number of rotatable bonds is 6. The first-order valence-electron chi connectivity index (χ1n) is 7.11. The van der Waals surface area contributed by atoms with Gasteiger partial charge in [0.1, 0.15) is 0 Å². The smallest absolute Gasteiger partial charge is 0.191 e. The van der Waals surface area contributed by atoms with E-state index >= 15 is 0 Å². The van der Waals surface area contributed by atoms with Crippen molar-refractivity contribution in [3.8, 4) is 0 Å². The summed E-state index contributed by atoms with van der Waals surface area (Å²) < 4.78 is 6.23. The molecule has 1 atom stereocenters. The van der Waals surface area contributed by atoms with Gasteiger partial charge in [0.05, 0.1) is 6.61 Å². The van der Waals surface area contributed by atoms with Crippen LogP contribution in [0, 0.1) is 0 Å². The summed E-state index contributed by atoms with van der Waals surface area (Å²) >= 11 is 3.53. The number of methoxy groups -OCH3 is 1. The van der Waals surface area contributed by atoms with Gasteiger partial charge in [0, 0.05) is 36.6 Å². The lowest BCUT2D eigenvalue weighted by molar-refractivity contribution is 0.179. The number of benzene rings is 1. The van der Waals surface area contributed by atoms with E-state index in [1.165, 1.54) is 5.56 Å². The van der Waals surface area contributed by atoms with Crippen molar-refractivity contribution in [1.82, 2.24) is 10.6 Å². The summed E-state index contributed by atoms with van der Waals surface area (Å²) in [5.41, 5.74) is 1.29. The Bertz CT molecular complexity index is 480. The molecule has 0 bridgehead atoms. The molecule has 0 aromatic heterocycles. The molecule has 0 spiro atoms. The lowest BCUT2D eigenvalue weighted by Crippen LogP contribution is -2.47. The number of aliphatic imine (C=N–C) groups is 1. The van der Waals surface area contributed by atoms with Crippen LogP contribution in [-0.2, 0) is 10.2 Å². The van der Waals surface area contributed by atoms with Crippen LogP contribution in [-0.4, -0.2) is 39.3 Å². The number of ether oxygens (including phenoxy) is 1. The van der Waals surface area contributed by atoms with Gasteiger partial charge in [0.2, 0.25) is 0 Å². The second-order valence-corrected chi connectivity index (χ2v) is 6.74. The first-order chi connectivity index (χ1) is 9.89. The molecular weight excluding hydrogens is 457 g/mol. The van der Waals surface area contributed by atoms with Crippen molar-refractivity contribution >= 4 is 45.9 Å². The Morgan fingerprint density at radius 3 is 2.64 bits per heavy atom. The molecule has 0 aliphatic carbocycles. The summed E-state index contributed by atoms with van der Waals surface area (Å²) in [5, 5.41) is 6.69. The second kappa shape index (κ2) is 10.4. The van der Waals surface area contributed by atoms with Gasteiger partial charge >= 0.3 is 0 Å². The first kappa shape index (κ1) is 21.7. The molecule has 6 heteroatoms. The molecular formula is C16H27BrIN3O. The SMILES string of the molecule is CN=C(NCC(C)(C)c1cccc(Br)c1)NC(C)COC.I. The summed E-state index contributed by atoms with van der Waals surface area (Å²) in [6.45, 7) is 7.94. The van der Waals surface area contributed by atoms with E-state index < -0.39 is 0 Å². The summed E-state index contributed by atoms with van der Waals surface area (Å²) in [6.07, 6.45) is 0. The number of halogens is 2. The van der Waals surface area contributed by atoms with Crippen LogP contribution in [0.1, 0.15) is 26.3 Å². The van der Waals surface area contributed by atoms with Crippen molar-refractivity contribution in [3.05, 3.63) is 34.3 Å². The zero-order valence-electron chi connectivity index (χ0n) is 13.9. The molecule has 22 heavy (non-hydrogen) atoms. The molecule has 0 radical (unpaired) electrons. The largest absolute Gasteiger partial charge is 0.383 e. The highest BCUT2D eigenvalue weighted by Gasteiger charge is 2.21. The zero-order valence-corrected chi connectivity index (χ0v) is 17.9. The van der Waals surface area contributed by atoms with E-state index in [0.717, 1.165) is 17.0 Å². The van der Waals surface area contributed by atoms with Crippen LogP contribution in [0.25, 0.3) is 0 Å². The Morgan fingerprint density at radius 2 is 2.09 bits per heavy atom. The Morgan fingerprint density at radius 1 is 1.41 bits per heavy atom. The van der Waals surface area contributed by atoms with Crippen LogP contribution in [0.3, 0.4) is 0 Å². The Balaban J connectivity index is 0.00000441. The maximum absolute atomic E-state index is 5.13. The molecule has 0 fully saturated rings. The number of hydrogen-bond donors (Lipinski definition) is 2. The third kappa shape index (κ3) is 7.28. The minimum absolute atomic E-state index is 0. The fourth-order valence-electron chi connectivity index (χ4n) is 2.04. The van der Waals surface area contributed by atoms with Crippen LogP contribution in [0.15, 0.2) is 33.7 Å². The fourth-order valence-corrected chi connectivity index (χ4v) is 2.44. The van der Waals surface area contributed by atoms with Gasteiger partial charge in [-0.05, 0) is 24.6 Å². The van der Waals surface area contributed by atoms with Gasteiger partial charge in [0.15, 0.2) is 5.96 Å². The highest BCUT2D eigenvalue weighted by molar-refractivity contribution is 14.0. The van der Waals surface area contributed by atoms with Gasteiger partial charge in [0.25, 0.3) is 0 Å². The average molecular weight is 484 g/mol. The van der Waals surface area contributed by atoms with Crippen molar-refractivity contribution in [2.24, 2.45) is 4.99 Å². The van der Waals surface area contributed by atoms with Crippen molar-refractivity contribution in [1.29, 1.82) is 0 Å². The third-order valence-corrected chi connectivity index (χ3v) is 3.82. The van der Waals surface area contributed by atoms with Gasteiger partial charge in [-0.15, -0.1) is 24.0 Å². The van der Waals surface area contributed by atoms with E-state index in [9.17, 15) is 0 Å². The molecule has 0 saturated heterocycles. The molecule has 4 nitrogen and oxygen atoms in total. The van der Waals surface area contributed by atoms with Crippen molar-refractivity contribution in [2.75, 3.05) is 27.3 Å². The predicted octanol–water partition coefficient (Wildman–Crippen LogP) is 3.54. The molecule has 1 unspecified atom stereocenters. The molecule has 0 amide bonds.